The van der Waals surface area contributed by atoms with Crippen molar-refractivity contribution in [2.75, 3.05) is 5.32 Å². The summed E-state index contributed by atoms with van der Waals surface area (Å²) in [5.41, 5.74) is 2.18. The molecule has 1 aliphatic heterocycles. The first-order valence-electron chi connectivity index (χ1n) is 7.48. The molecule has 2 atom stereocenters. The zero-order valence-electron chi connectivity index (χ0n) is 12.5. The Morgan fingerprint density at radius 2 is 1.83 bits per heavy atom. The summed E-state index contributed by atoms with van der Waals surface area (Å²) in [7, 11) is 0. The van der Waals surface area contributed by atoms with E-state index < -0.39 is 0 Å². The second-order valence-corrected chi connectivity index (χ2v) is 7.47. The minimum Gasteiger partial charge on any atom is -0.348 e. The molecule has 0 aliphatic carbocycles. The van der Waals surface area contributed by atoms with Gasteiger partial charge in [-0.25, -0.2) is 9.07 Å². The number of benzene rings is 2. The van der Waals surface area contributed by atoms with E-state index in [1.165, 1.54) is 18.0 Å². The number of halogens is 3. The number of fused-ring (bicyclic) bond motifs is 1. The van der Waals surface area contributed by atoms with Crippen molar-refractivity contribution in [3.05, 3.63) is 74.7 Å². The van der Waals surface area contributed by atoms with Gasteiger partial charge in [0.05, 0.1) is 16.6 Å². The smallest absolute Gasteiger partial charge is 0.222 e. The number of anilines is 1. The first-order valence-corrected chi connectivity index (χ1v) is 9.07. The van der Waals surface area contributed by atoms with Gasteiger partial charge < -0.3 is 5.32 Å². The maximum atomic E-state index is 13.6. The first-order chi connectivity index (χ1) is 11.6. The van der Waals surface area contributed by atoms with E-state index in [9.17, 15) is 4.39 Å². The van der Waals surface area contributed by atoms with Gasteiger partial charge in [0.15, 0.2) is 0 Å². The van der Waals surface area contributed by atoms with Crippen molar-refractivity contribution in [1.82, 2.24) is 14.8 Å². The monoisotopic (exact) mass is 450 g/mol. The molecule has 122 valence electrons. The van der Waals surface area contributed by atoms with Gasteiger partial charge >= 0.3 is 0 Å². The molecule has 1 aliphatic rings. The summed E-state index contributed by atoms with van der Waals surface area (Å²) in [6, 6.07) is 13.4. The van der Waals surface area contributed by atoms with Crippen LogP contribution in [0.5, 0.6) is 0 Å². The largest absolute Gasteiger partial charge is 0.348 e. The van der Waals surface area contributed by atoms with Crippen LogP contribution in [0.3, 0.4) is 0 Å². The van der Waals surface area contributed by atoms with Crippen LogP contribution in [-0.4, -0.2) is 14.8 Å². The van der Waals surface area contributed by atoms with Crippen molar-refractivity contribution in [1.29, 1.82) is 0 Å². The van der Waals surface area contributed by atoms with Crippen LogP contribution in [0.25, 0.3) is 0 Å². The lowest BCUT2D eigenvalue weighted by molar-refractivity contribution is 0.430. The Labute approximate surface area is 155 Å². The minimum atomic E-state index is -0.268. The fourth-order valence-corrected chi connectivity index (χ4v) is 3.69. The number of nitrogens with zero attached hydrogens (tertiary/aromatic N) is 3. The number of aromatic nitrogens is 3. The zero-order chi connectivity index (χ0) is 16.7. The molecule has 0 amide bonds. The molecule has 7 heteroatoms. The van der Waals surface area contributed by atoms with Crippen molar-refractivity contribution in [3.63, 3.8) is 0 Å². The maximum Gasteiger partial charge on any atom is 0.222 e. The average Bonchev–Trinajstić information content (AvgIpc) is 3.06. The first kappa shape index (κ1) is 15.8. The Kier molecular flexibility index (Phi) is 4.14. The molecule has 0 bridgehead atoms. The van der Waals surface area contributed by atoms with Crippen LogP contribution in [0.2, 0.25) is 0 Å². The molecule has 2 aromatic carbocycles. The molecule has 0 spiro atoms. The van der Waals surface area contributed by atoms with E-state index >= 15 is 0 Å². The third-order valence-corrected chi connectivity index (χ3v) is 5.37. The van der Waals surface area contributed by atoms with Crippen LogP contribution in [0.1, 0.15) is 29.6 Å². The Morgan fingerprint density at radius 3 is 2.58 bits per heavy atom. The predicted octanol–water partition coefficient (Wildman–Crippen LogP) is 5.09. The van der Waals surface area contributed by atoms with Crippen LogP contribution in [0, 0.1) is 5.82 Å². The van der Waals surface area contributed by atoms with Crippen LogP contribution >= 0.6 is 31.9 Å². The number of nitrogens with one attached hydrogen (secondary N) is 1. The minimum absolute atomic E-state index is 0.00528. The van der Waals surface area contributed by atoms with Crippen molar-refractivity contribution >= 4 is 37.8 Å². The maximum absolute atomic E-state index is 13.6. The standard InChI is InChI=1S/C17H13Br2FN4/c18-12-4-1-10(2-5-12)15-8-16(24-17(23-15)21-9-22-24)11-3-6-14(20)13(19)7-11/h1-7,9,15-16H,8H2,(H,21,22,23). The normalized spacial score (nSPS) is 19.6. The molecule has 2 unspecified atom stereocenters. The molecule has 4 nitrogen and oxygen atoms in total. The molecule has 0 fully saturated rings. The Balaban J connectivity index is 1.73. The van der Waals surface area contributed by atoms with E-state index in [2.05, 4.69) is 59.4 Å². The van der Waals surface area contributed by atoms with Crippen LogP contribution in [0.15, 0.2) is 57.7 Å². The highest BCUT2D eigenvalue weighted by atomic mass is 79.9. The third kappa shape index (κ3) is 2.86. The predicted molar refractivity (Wildman–Crippen MR) is 97.4 cm³/mol. The van der Waals surface area contributed by atoms with Gasteiger partial charge in [0.1, 0.15) is 12.1 Å². The summed E-state index contributed by atoms with van der Waals surface area (Å²) in [6.07, 6.45) is 2.34. The highest BCUT2D eigenvalue weighted by Crippen LogP contribution is 2.38. The lowest BCUT2D eigenvalue weighted by atomic mass is 9.93. The summed E-state index contributed by atoms with van der Waals surface area (Å²) >= 11 is 6.74. The van der Waals surface area contributed by atoms with E-state index in [0.29, 0.717) is 4.47 Å². The second kappa shape index (κ2) is 6.29. The molecule has 24 heavy (non-hydrogen) atoms. The van der Waals surface area contributed by atoms with Crippen molar-refractivity contribution in [2.24, 2.45) is 0 Å². The SMILES string of the molecule is Fc1ccc(C2CC(c3ccc(Br)cc3)Nc3ncnn32)cc1Br. The molecule has 0 saturated heterocycles. The highest BCUT2D eigenvalue weighted by molar-refractivity contribution is 9.10. The fourth-order valence-electron chi connectivity index (χ4n) is 3.03. The lowest BCUT2D eigenvalue weighted by Crippen LogP contribution is -2.28. The second-order valence-electron chi connectivity index (χ2n) is 5.70. The van der Waals surface area contributed by atoms with Gasteiger partial charge in [0.2, 0.25) is 5.95 Å². The molecule has 3 aromatic rings. The van der Waals surface area contributed by atoms with Crippen molar-refractivity contribution in [2.45, 2.75) is 18.5 Å². The van der Waals surface area contributed by atoms with Crippen LogP contribution < -0.4 is 5.32 Å². The van der Waals surface area contributed by atoms with Gasteiger partial charge in [-0.05, 0) is 57.7 Å². The molecule has 4 rings (SSSR count). The van der Waals surface area contributed by atoms with Crippen LogP contribution in [0.4, 0.5) is 10.3 Å². The quantitative estimate of drug-likeness (QED) is 0.590. The number of rotatable bonds is 2. The molecule has 1 aromatic heterocycles. The van der Waals surface area contributed by atoms with Gasteiger partial charge in [-0.1, -0.05) is 34.1 Å². The Morgan fingerprint density at radius 1 is 1.08 bits per heavy atom. The van der Waals surface area contributed by atoms with Gasteiger partial charge in [-0.2, -0.15) is 10.1 Å². The molecule has 0 radical (unpaired) electrons. The summed E-state index contributed by atoms with van der Waals surface area (Å²) in [4.78, 5) is 4.31. The van der Waals surface area contributed by atoms with E-state index in [4.69, 9.17) is 0 Å². The number of hydrogen-bond acceptors (Lipinski definition) is 3. The zero-order valence-corrected chi connectivity index (χ0v) is 15.6. The van der Waals surface area contributed by atoms with E-state index in [1.54, 1.807) is 6.07 Å². The molecule has 1 N–H and O–H groups in total. The summed E-state index contributed by atoms with van der Waals surface area (Å²) < 4.78 is 16.9. The van der Waals surface area contributed by atoms with E-state index in [-0.39, 0.29) is 17.9 Å². The molecular weight excluding hydrogens is 439 g/mol. The molecular formula is C17H13Br2FN4. The van der Waals surface area contributed by atoms with Gasteiger partial charge in [-0.3, -0.25) is 0 Å². The van der Waals surface area contributed by atoms with Crippen LogP contribution in [-0.2, 0) is 0 Å². The van der Waals surface area contributed by atoms with E-state index in [0.717, 1.165) is 22.4 Å². The number of hydrogen-bond donors (Lipinski definition) is 1. The summed E-state index contributed by atoms with van der Waals surface area (Å²) in [5, 5.41) is 7.76. The fraction of sp³-hybridized carbons (Fsp3) is 0.176. The Bertz CT molecular complexity index is 879. The summed E-state index contributed by atoms with van der Waals surface area (Å²) in [6.45, 7) is 0. The topological polar surface area (TPSA) is 42.7 Å². The molecule has 0 saturated carbocycles. The Hall–Kier alpha value is -1.73. The van der Waals surface area contributed by atoms with Crippen molar-refractivity contribution < 1.29 is 4.39 Å². The lowest BCUT2D eigenvalue weighted by Gasteiger charge is -2.32. The average molecular weight is 452 g/mol. The van der Waals surface area contributed by atoms with Gasteiger partial charge in [0, 0.05) is 4.47 Å². The van der Waals surface area contributed by atoms with Gasteiger partial charge in [-0.15, -0.1) is 0 Å². The molecule has 2 heterocycles. The van der Waals surface area contributed by atoms with Gasteiger partial charge in [0.25, 0.3) is 0 Å². The third-order valence-electron chi connectivity index (χ3n) is 4.23. The highest BCUT2D eigenvalue weighted by Gasteiger charge is 2.30. The van der Waals surface area contributed by atoms with Crippen molar-refractivity contribution in [3.8, 4) is 0 Å². The van der Waals surface area contributed by atoms with E-state index in [1.807, 2.05) is 22.9 Å². The summed E-state index contributed by atoms with van der Waals surface area (Å²) in [5.74, 6) is 0.454.